The fourth-order valence-electron chi connectivity index (χ4n) is 3.46. The first-order valence-electron chi connectivity index (χ1n) is 11.3. The highest BCUT2D eigenvalue weighted by Crippen LogP contribution is 2.14. The van der Waals surface area contributed by atoms with Crippen LogP contribution in [0.25, 0.3) is 0 Å². The number of amides is 1. The molecule has 2 nitrogen and oxygen atoms in total. The number of likely N-dealkylation sites (tertiary alicyclic amines) is 1. The Hall–Kier alpha value is -0.790. The quantitative estimate of drug-likeness (QED) is 0.204. The first-order valence-corrected chi connectivity index (χ1v) is 11.3. The first kappa shape index (κ1) is 22.3. The van der Waals surface area contributed by atoms with E-state index in [4.69, 9.17) is 0 Å². The molecule has 1 aliphatic rings. The van der Waals surface area contributed by atoms with Crippen molar-refractivity contribution in [1.29, 1.82) is 0 Å². The molecule has 1 heterocycles. The van der Waals surface area contributed by atoms with Crippen LogP contribution in [0.3, 0.4) is 0 Å². The second-order valence-electron chi connectivity index (χ2n) is 7.82. The van der Waals surface area contributed by atoms with Crippen molar-refractivity contribution in [1.82, 2.24) is 4.90 Å². The van der Waals surface area contributed by atoms with Crippen molar-refractivity contribution in [3.63, 3.8) is 0 Å². The summed E-state index contributed by atoms with van der Waals surface area (Å²) in [7, 11) is 0. The van der Waals surface area contributed by atoms with Crippen molar-refractivity contribution in [3.8, 4) is 0 Å². The molecule has 0 bridgehead atoms. The van der Waals surface area contributed by atoms with E-state index in [0.29, 0.717) is 0 Å². The maximum atomic E-state index is 11.6. The number of carbonyl (C=O) groups excluding carboxylic acids is 1. The van der Waals surface area contributed by atoms with Crippen molar-refractivity contribution in [2.75, 3.05) is 13.1 Å². The number of hydrogen-bond acceptors (Lipinski definition) is 1. The molecule has 0 aromatic heterocycles. The minimum Gasteiger partial charge on any atom is -0.339 e. The summed E-state index contributed by atoms with van der Waals surface area (Å²) in [5, 5.41) is 0. The minimum atomic E-state index is 0.215. The predicted octanol–water partition coefficient (Wildman–Crippen LogP) is 7.04. The molecule has 0 saturated carbocycles. The molecule has 2 heteroatoms. The van der Waals surface area contributed by atoms with Crippen LogP contribution in [0.2, 0.25) is 0 Å². The van der Waals surface area contributed by atoms with Gasteiger partial charge in [-0.1, -0.05) is 103 Å². The van der Waals surface area contributed by atoms with E-state index < -0.39 is 0 Å². The topological polar surface area (TPSA) is 20.3 Å². The Kier molecular flexibility index (Phi) is 14.8. The molecule has 25 heavy (non-hydrogen) atoms. The van der Waals surface area contributed by atoms with Gasteiger partial charge >= 0.3 is 0 Å². The summed E-state index contributed by atoms with van der Waals surface area (Å²) in [6.45, 7) is 4.21. The molecule has 1 amide bonds. The fourth-order valence-corrected chi connectivity index (χ4v) is 3.46. The Morgan fingerprint density at radius 3 is 1.56 bits per heavy atom. The molecule has 0 spiro atoms. The Morgan fingerprint density at radius 2 is 1.16 bits per heavy atom. The van der Waals surface area contributed by atoms with Crippen LogP contribution >= 0.6 is 0 Å². The average Bonchev–Trinajstić information content (AvgIpc) is 2.56. The van der Waals surface area contributed by atoms with Gasteiger partial charge in [0.05, 0.1) is 0 Å². The normalized spacial score (nSPS) is 14.2. The number of allylic oxidation sites excluding steroid dienone is 1. The summed E-state index contributed by atoms with van der Waals surface area (Å²) in [6.07, 6.45) is 27.2. The van der Waals surface area contributed by atoms with Crippen molar-refractivity contribution in [3.05, 3.63) is 12.2 Å². The van der Waals surface area contributed by atoms with E-state index in [1.165, 1.54) is 103 Å². The fraction of sp³-hybridized carbons (Fsp3) is 0.870. The van der Waals surface area contributed by atoms with Crippen molar-refractivity contribution in [2.45, 2.75) is 116 Å². The molecular formula is C23H43NO. The van der Waals surface area contributed by atoms with Crippen LogP contribution in [0.4, 0.5) is 0 Å². The van der Waals surface area contributed by atoms with Gasteiger partial charge in [-0.2, -0.15) is 0 Å². The van der Waals surface area contributed by atoms with Gasteiger partial charge in [0.25, 0.3) is 0 Å². The summed E-state index contributed by atoms with van der Waals surface area (Å²) >= 11 is 0. The van der Waals surface area contributed by atoms with Crippen LogP contribution in [-0.4, -0.2) is 23.9 Å². The lowest BCUT2D eigenvalue weighted by atomic mass is 10.0. The zero-order chi connectivity index (χ0) is 18.0. The molecule has 0 radical (unpaired) electrons. The molecular weight excluding hydrogens is 306 g/mol. The van der Waals surface area contributed by atoms with Gasteiger partial charge in [-0.25, -0.2) is 0 Å². The van der Waals surface area contributed by atoms with E-state index in [2.05, 4.69) is 13.0 Å². The third kappa shape index (κ3) is 13.1. The zero-order valence-electron chi connectivity index (χ0n) is 16.9. The molecule has 0 aliphatic carbocycles. The van der Waals surface area contributed by atoms with Crippen molar-refractivity contribution in [2.24, 2.45) is 0 Å². The summed E-state index contributed by atoms with van der Waals surface area (Å²) in [5.41, 5.74) is 0. The van der Waals surface area contributed by atoms with Crippen LogP contribution in [-0.2, 0) is 4.79 Å². The van der Waals surface area contributed by atoms with Gasteiger partial charge in [-0.15, -0.1) is 0 Å². The molecule has 1 aliphatic heterocycles. The maximum Gasteiger partial charge on any atom is 0.246 e. The highest BCUT2D eigenvalue weighted by Gasteiger charge is 2.16. The SMILES string of the molecule is CCCCCCCCCCCCCCCCC/C=C/C(=O)N1CCC1. The average molecular weight is 350 g/mol. The number of nitrogens with zero attached hydrogens (tertiary/aromatic N) is 1. The molecule has 0 aromatic carbocycles. The highest BCUT2D eigenvalue weighted by atomic mass is 16.2. The number of unbranched alkanes of at least 4 members (excludes halogenated alkanes) is 15. The molecule has 1 fully saturated rings. The van der Waals surface area contributed by atoms with Gasteiger partial charge < -0.3 is 4.90 Å². The summed E-state index contributed by atoms with van der Waals surface area (Å²) < 4.78 is 0. The third-order valence-corrected chi connectivity index (χ3v) is 5.40. The Morgan fingerprint density at radius 1 is 0.720 bits per heavy atom. The van der Waals surface area contributed by atoms with E-state index in [1.807, 2.05) is 4.90 Å². The van der Waals surface area contributed by atoms with E-state index in [9.17, 15) is 4.79 Å². The van der Waals surface area contributed by atoms with E-state index in [-0.39, 0.29) is 5.91 Å². The number of hydrogen-bond donors (Lipinski definition) is 0. The lowest BCUT2D eigenvalue weighted by Gasteiger charge is -2.29. The minimum absolute atomic E-state index is 0.215. The van der Waals surface area contributed by atoms with Gasteiger partial charge in [-0.3, -0.25) is 4.79 Å². The molecule has 0 N–H and O–H groups in total. The molecule has 0 atom stereocenters. The summed E-state index contributed by atoms with van der Waals surface area (Å²) in [5.74, 6) is 0.215. The molecule has 0 aromatic rings. The largest absolute Gasteiger partial charge is 0.339 e. The van der Waals surface area contributed by atoms with Crippen LogP contribution in [0.5, 0.6) is 0 Å². The van der Waals surface area contributed by atoms with Crippen LogP contribution < -0.4 is 0 Å². The second kappa shape index (κ2) is 16.7. The maximum absolute atomic E-state index is 11.6. The summed E-state index contributed by atoms with van der Waals surface area (Å²) in [4.78, 5) is 13.5. The smallest absolute Gasteiger partial charge is 0.246 e. The van der Waals surface area contributed by atoms with Gasteiger partial charge in [0.2, 0.25) is 5.91 Å². The highest BCUT2D eigenvalue weighted by molar-refractivity contribution is 5.88. The Labute approximate surface area is 157 Å². The van der Waals surface area contributed by atoms with Crippen LogP contribution in [0.1, 0.15) is 116 Å². The van der Waals surface area contributed by atoms with E-state index in [0.717, 1.165) is 19.5 Å². The predicted molar refractivity (Wildman–Crippen MR) is 110 cm³/mol. The van der Waals surface area contributed by atoms with E-state index in [1.54, 1.807) is 6.08 Å². The van der Waals surface area contributed by atoms with Gasteiger partial charge in [0, 0.05) is 13.1 Å². The van der Waals surface area contributed by atoms with Gasteiger partial charge in [0.1, 0.15) is 0 Å². The second-order valence-corrected chi connectivity index (χ2v) is 7.82. The van der Waals surface area contributed by atoms with Gasteiger partial charge in [0.15, 0.2) is 0 Å². The van der Waals surface area contributed by atoms with Crippen LogP contribution in [0, 0.1) is 0 Å². The van der Waals surface area contributed by atoms with Crippen LogP contribution in [0.15, 0.2) is 12.2 Å². The third-order valence-electron chi connectivity index (χ3n) is 5.40. The zero-order valence-corrected chi connectivity index (χ0v) is 16.9. The molecule has 146 valence electrons. The van der Waals surface area contributed by atoms with Crippen molar-refractivity contribution >= 4 is 5.91 Å². The Balaban J connectivity index is 1.70. The van der Waals surface area contributed by atoms with Crippen molar-refractivity contribution < 1.29 is 4.79 Å². The summed E-state index contributed by atoms with van der Waals surface area (Å²) in [6, 6.07) is 0. The number of carbonyl (C=O) groups is 1. The Bertz CT molecular complexity index is 333. The lowest BCUT2D eigenvalue weighted by molar-refractivity contribution is -0.129. The molecule has 1 saturated heterocycles. The molecule has 0 unspecified atom stereocenters. The van der Waals surface area contributed by atoms with Gasteiger partial charge in [-0.05, 0) is 25.3 Å². The van der Waals surface area contributed by atoms with E-state index >= 15 is 0 Å². The standard InChI is InChI=1S/C23H43NO/c1-2-3-4-5-6-7-8-9-10-11-12-13-14-15-16-17-18-20-23(25)24-21-19-22-24/h18,20H,2-17,19,21-22H2,1H3/b20-18+. The first-order chi connectivity index (χ1) is 12.3. The number of rotatable bonds is 17. The molecule has 1 rings (SSSR count). The lowest BCUT2D eigenvalue weighted by Crippen LogP contribution is -2.41. The monoisotopic (exact) mass is 349 g/mol.